The number of halogens is 6. The molecule has 0 N–H and O–H groups in total. The number of hydrogen-bond donors (Lipinski definition) is 0. The summed E-state index contributed by atoms with van der Waals surface area (Å²) in [6, 6.07) is 3.44. The number of aromatic nitrogens is 2. The van der Waals surface area contributed by atoms with Crippen molar-refractivity contribution in [2.45, 2.75) is 23.0 Å². The van der Waals surface area contributed by atoms with Crippen LogP contribution in [0.2, 0.25) is 0 Å². The molecule has 3 aromatic rings. The van der Waals surface area contributed by atoms with E-state index in [-0.39, 0.29) is 30.0 Å². The number of hydrogen-bond acceptors (Lipinski definition) is 6. The summed E-state index contributed by atoms with van der Waals surface area (Å²) < 4.78 is 117. The maximum atomic E-state index is 15.6. The zero-order valence-electron chi connectivity index (χ0n) is 17.7. The van der Waals surface area contributed by atoms with Gasteiger partial charge in [-0.25, -0.2) is 31.0 Å². The van der Waals surface area contributed by atoms with Crippen LogP contribution >= 0.6 is 0 Å². The van der Waals surface area contributed by atoms with Crippen molar-refractivity contribution < 1.29 is 39.5 Å². The van der Waals surface area contributed by atoms with Gasteiger partial charge < -0.3 is 9.64 Å². The van der Waals surface area contributed by atoms with E-state index in [0.717, 1.165) is 29.3 Å². The minimum atomic E-state index is -4.68. The molecule has 7 nitrogen and oxygen atoms in total. The normalized spacial score (nSPS) is 22.9. The predicted octanol–water partition coefficient (Wildman–Crippen LogP) is 3.45. The standard InChI is InChI=1S/C21H16F6N4O3S/c22-13-2-1-12(7-14(13)23)35(32,33)31-5-6-34-21(31)3-4-30(11-20(21,26)27)19-10-28-17-8-15(24)16(25)9-18(17)29-19/h1-2,7-10H,3-6,11H2. The van der Waals surface area contributed by atoms with Crippen molar-refractivity contribution in [2.24, 2.45) is 0 Å². The summed E-state index contributed by atoms with van der Waals surface area (Å²) in [5.41, 5.74) is -2.59. The molecule has 3 heterocycles. The molecule has 186 valence electrons. The Bertz CT molecular complexity index is 1440. The summed E-state index contributed by atoms with van der Waals surface area (Å²) in [5.74, 6) is -8.86. The van der Waals surface area contributed by atoms with Crippen LogP contribution in [0.3, 0.4) is 0 Å². The molecule has 0 radical (unpaired) electrons. The first-order valence-corrected chi connectivity index (χ1v) is 11.8. The van der Waals surface area contributed by atoms with Crippen molar-refractivity contribution in [1.82, 2.24) is 14.3 Å². The smallest absolute Gasteiger partial charge is 0.307 e. The third-order valence-corrected chi connectivity index (χ3v) is 8.00. The molecule has 1 unspecified atom stereocenters. The second-order valence-corrected chi connectivity index (χ2v) is 10.0. The zero-order valence-corrected chi connectivity index (χ0v) is 18.5. The summed E-state index contributed by atoms with van der Waals surface area (Å²) >= 11 is 0. The number of fused-ring (bicyclic) bond motifs is 1. The molecule has 1 spiro atoms. The molecular weight excluding hydrogens is 502 g/mol. The average Bonchev–Trinajstić information content (AvgIpc) is 3.24. The molecule has 2 saturated heterocycles. The van der Waals surface area contributed by atoms with Crippen molar-refractivity contribution in [3.05, 3.63) is 59.8 Å². The molecule has 2 aliphatic rings. The van der Waals surface area contributed by atoms with Crippen LogP contribution in [0.1, 0.15) is 6.42 Å². The van der Waals surface area contributed by atoms with Crippen molar-refractivity contribution in [3.63, 3.8) is 0 Å². The third kappa shape index (κ3) is 3.70. The number of sulfonamides is 1. The van der Waals surface area contributed by atoms with Crippen LogP contribution in [0, 0.1) is 23.3 Å². The fraction of sp³-hybridized carbons (Fsp3) is 0.333. The Morgan fingerprint density at radius 1 is 0.914 bits per heavy atom. The van der Waals surface area contributed by atoms with Gasteiger partial charge in [0.15, 0.2) is 23.3 Å². The van der Waals surface area contributed by atoms with Gasteiger partial charge in [-0.15, -0.1) is 0 Å². The molecule has 2 aliphatic heterocycles. The van der Waals surface area contributed by atoms with E-state index in [9.17, 15) is 26.0 Å². The quantitative estimate of drug-likeness (QED) is 0.495. The van der Waals surface area contributed by atoms with E-state index in [0.29, 0.717) is 16.4 Å². The highest BCUT2D eigenvalue weighted by molar-refractivity contribution is 7.89. The fourth-order valence-corrected chi connectivity index (χ4v) is 6.10. The summed E-state index contributed by atoms with van der Waals surface area (Å²) in [7, 11) is -4.68. The molecule has 5 rings (SSSR count). The number of rotatable bonds is 3. The Kier molecular flexibility index (Phi) is 5.45. The van der Waals surface area contributed by atoms with E-state index >= 15 is 8.78 Å². The van der Waals surface area contributed by atoms with Crippen molar-refractivity contribution in [3.8, 4) is 0 Å². The molecule has 0 saturated carbocycles. The first-order chi connectivity index (χ1) is 16.4. The lowest BCUT2D eigenvalue weighted by atomic mass is 9.96. The van der Waals surface area contributed by atoms with E-state index in [1.54, 1.807) is 0 Å². The highest BCUT2D eigenvalue weighted by Crippen LogP contribution is 2.47. The predicted molar refractivity (Wildman–Crippen MR) is 110 cm³/mol. The maximum Gasteiger partial charge on any atom is 0.307 e. The van der Waals surface area contributed by atoms with Gasteiger partial charge in [0.2, 0.25) is 15.7 Å². The van der Waals surface area contributed by atoms with Crippen molar-refractivity contribution >= 4 is 26.9 Å². The van der Waals surface area contributed by atoms with E-state index in [1.165, 1.54) is 0 Å². The highest BCUT2D eigenvalue weighted by atomic mass is 32.2. The lowest BCUT2D eigenvalue weighted by Crippen LogP contribution is -2.67. The third-order valence-electron chi connectivity index (χ3n) is 6.09. The Morgan fingerprint density at radius 2 is 1.60 bits per heavy atom. The number of ether oxygens (including phenoxy) is 1. The molecule has 14 heteroatoms. The topological polar surface area (TPSA) is 75.6 Å². The second kappa shape index (κ2) is 8.03. The maximum absolute atomic E-state index is 15.6. The lowest BCUT2D eigenvalue weighted by Gasteiger charge is -2.48. The highest BCUT2D eigenvalue weighted by Gasteiger charge is 2.66. The molecule has 2 aromatic carbocycles. The molecule has 1 aromatic heterocycles. The van der Waals surface area contributed by atoms with Crippen LogP contribution in [0.25, 0.3) is 11.0 Å². The van der Waals surface area contributed by atoms with Gasteiger partial charge in [-0.05, 0) is 18.2 Å². The van der Waals surface area contributed by atoms with Gasteiger partial charge in [0.1, 0.15) is 5.82 Å². The number of anilines is 1. The number of alkyl halides is 2. The van der Waals surface area contributed by atoms with Gasteiger partial charge in [-0.1, -0.05) is 0 Å². The summed E-state index contributed by atoms with van der Waals surface area (Å²) in [5, 5.41) is 0. The van der Waals surface area contributed by atoms with E-state index in [4.69, 9.17) is 4.74 Å². The largest absolute Gasteiger partial charge is 0.352 e. The summed E-state index contributed by atoms with van der Waals surface area (Å²) in [6.45, 7) is -1.93. The Labute approximate surface area is 195 Å². The average molecular weight is 518 g/mol. The molecule has 0 aliphatic carbocycles. The Balaban J connectivity index is 1.47. The molecule has 35 heavy (non-hydrogen) atoms. The molecule has 0 amide bonds. The monoisotopic (exact) mass is 518 g/mol. The van der Waals surface area contributed by atoms with Crippen LogP contribution in [-0.2, 0) is 14.8 Å². The van der Waals surface area contributed by atoms with Crippen LogP contribution < -0.4 is 4.90 Å². The zero-order chi connectivity index (χ0) is 25.2. The molecule has 1 atom stereocenters. The van der Waals surface area contributed by atoms with Crippen LogP contribution in [0.5, 0.6) is 0 Å². The van der Waals surface area contributed by atoms with Gasteiger partial charge in [0, 0.05) is 31.6 Å². The van der Waals surface area contributed by atoms with E-state index in [1.807, 2.05) is 0 Å². The molecule has 2 fully saturated rings. The second-order valence-electron chi connectivity index (χ2n) is 8.15. The first-order valence-electron chi connectivity index (χ1n) is 10.3. The van der Waals surface area contributed by atoms with Crippen LogP contribution in [-0.4, -0.2) is 60.6 Å². The van der Waals surface area contributed by atoms with Gasteiger partial charge in [0.25, 0.3) is 0 Å². The van der Waals surface area contributed by atoms with Crippen LogP contribution in [0.4, 0.5) is 32.2 Å². The molecular formula is C21H16F6N4O3S. The van der Waals surface area contributed by atoms with Gasteiger partial charge in [0.05, 0.1) is 35.3 Å². The minimum absolute atomic E-state index is 0.0239. The van der Waals surface area contributed by atoms with Crippen molar-refractivity contribution in [2.75, 3.05) is 31.1 Å². The number of benzene rings is 2. The number of piperidine rings is 1. The minimum Gasteiger partial charge on any atom is -0.352 e. The van der Waals surface area contributed by atoms with Crippen LogP contribution in [0.15, 0.2) is 41.4 Å². The van der Waals surface area contributed by atoms with Gasteiger partial charge in [-0.2, -0.15) is 13.1 Å². The van der Waals surface area contributed by atoms with Crippen molar-refractivity contribution in [1.29, 1.82) is 0 Å². The Morgan fingerprint density at radius 3 is 2.29 bits per heavy atom. The lowest BCUT2D eigenvalue weighted by molar-refractivity contribution is -0.228. The van der Waals surface area contributed by atoms with Gasteiger partial charge >= 0.3 is 5.92 Å². The summed E-state index contributed by atoms with van der Waals surface area (Å²) in [4.78, 5) is 8.48. The first kappa shape index (κ1) is 23.8. The fourth-order valence-electron chi connectivity index (χ4n) is 4.37. The summed E-state index contributed by atoms with van der Waals surface area (Å²) in [6.07, 6.45) is 0.624. The van der Waals surface area contributed by atoms with E-state index in [2.05, 4.69) is 9.97 Å². The van der Waals surface area contributed by atoms with E-state index < -0.39 is 69.3 Å². The Hall–Kier alpha value is -2.97. The number of nitrogens with zero attached hydrogens (tertiary/aromatic N) is 4. The van der Waals surface area contributed by atoms with Gasteiger partial charge in [-0.3, -0.25) is 4.98 Å². The SMILES string of the molecule is O=S(=O)(c1ccc(F)c(F)c1)N1CCOC12CCN(c1cnc3cc(F)c(F)cc3n1)CC2(F)F. The molecule has 0 bridgehead atoms.